The van der Waals surface area contributed by atoms with Gasteiger partial charge in [0.05, 0.1) is 16.5 Å². The number of benzene rings is 1. The number of nitrogens with zero attached hydrogens (tertiary/aromatic N) is 1. The van der Waals surface area contributed by atoms with E-state index in [1.807, 2.05) is 0 Å². The van der Waals surface area contributed by atoms with E-state index in [4.69, 9.17) is 0 Å². The van der Waals surface area contributed by atoms with E-state index in [0.717, 1.165) is 0 Å². The van der Waals surface area contributed by atoms with Crippen molar-refractivity contribution in [2.45, 2.75) is 19.1 Å². The zero-order chi connectivity index (χ0) is 13.9. The van der Waals surface area contributed by atoms with Crippen molar-refractivity contribution in [1.82, 2.24) is 4.90 Å². The summed E-state index contributed by atoms with van der Waals surface area (Å²) in [7, 11) is -0.212. The van der Waals surface area contributed by atoms with Crippen molar-refractivity contribution in [3.05, 3.63) is 29.8 Å². The summed E-state index contributed by atoms with van der Waals surface area (Å²) < 4.78 is 26.1. The Labute approximate surface area is 108 Å². The summed E-state index contributed by atoms with van der Waals surface area (Å²) >= 11 is 0. The number of amides is 1. The van der Waals surface area contributed by atoms with Gasteiger partial charge >= 0.3 is 0 Å². The molecule has 0 spiro atoms. The number of nitrogens with one attached hydrogen (secondary N) is 1. The molecule has 0 aromatic heterocycles. The molecule has 0 aliphatic rings. The van der Waals surface area contributed by atoms with E-state index in [9.17, 15) is 13.2 Å². The molecule has 18 heavy (non-hydrogen) atoms. The molecule has 0 saturated heterocycles. The normalized spacial score (nSPS) is 11.4. The lowest BCUT2D eigenvalue weighted by Crippen LogP contribution is -2.26. The Kier molecular flexibility index (Phi) is 4.34. The van der Waals surface area contributed by atoms with E-state index in [0.29, 0.717) is 11.3 Å². The molecule has 0 aliphatic heterocycles. The first kappa shape index (κ1) is 14.5. The van der Waals surface area contributed by atoms with Crippen LogP contribution in [0.1, 0.15) is 24.2 Å². The van der Waals surface area contributed by atoms with Gasteiger partial charge < -0.3 is 4.90 Å². The van der Waals surface area contributed by atoms with Gasteiger partial charge in [0.1, 0.15) is 0 Å². The Morgan fingerprint density at radius 1 is 1.22 bits per heavy atom. The van der Waals surface area contributed by atoms with Crippen molar-refractivity contribution in [2.75, 3.05) is 18.8 Å². The monoisotopic (exact) mass is 270 g/mol. The third-order valence-electron chi connectivity index (χ3n) is 2.44. The molecule has 0 saturated carbocycles. The maximum absolute atomic E-state index is 11.9. The van der Waals surface area contributed by atoms with E-state index < -0.39 is 15.3 Å². The summed E-state index contributed by atoms with van der Waals surface area (Å²) in [5.41, 5.74) is 0.650. The highest BCUT2D eigenvalue weighted by Crippen LogP contribution is 2.19. The van der Waals surface area contributed by atoms with Crippen LogP contribution >= 0.6 is 0 Å². The van der Waals surface area contributed by atoms with Gasteiger partial charge in [-0.3, -0.25) is 9.52 Å². The maximum Gasteiger partial charge on any atom is 0.255 e. The van der Waals surface area contributed by atoms with Crippen LogP contribution in [0.5, 0.6) is 0 Å². The summed E-state index contributed by atoms with van der Waals surface area (Å²) in [5.74, 6) is -0.239. The van der Waals surface area contributed by atoms with Gasteiger partial charge in [-0.25, -0.2) is 8.42 Å². The minimum atomic E-state index is -3.45. The molecule has 0 bridgehead atoms. The number of anilines is 1. The SMILES string of the molecule is CC(C)S(=O)(=O)Nc1ccccc1C(=O)N(C)C. The Morgan fingerprint density at radius 3 is 2.28 bits per heavy atom. The van der Waals surface area contributed by atoms with Gasteiger partial charge in [0.15, 0.2) is 0 Å². The molecule has 100 valence electrons. The summed E-state index contributed by atoms with van der Waals surface area (Å²) in [5, 5.41) is -0.556. The first-order chi connectivity index (χ1) is 8.25. The molecule has 6 heteroatoms. The van der Waals surface area contributed by atoms with E-state index in [1.165, 1.54) is 4.90 Å². The molecule has 0 aliphatic carbocycles. The van der Waals surface area contributed by atoms with E-state index in [1.54, 1.807) is 52.2 Å². The molecule has 0 unspecified atom stereocenters. The summed E-state index contributed by atoms with van der Waals surface area (Å²) in [6, 6.07) is 6.56. The van der Waals surface area contributed by atoms with Crippen molar-refractivity contribution in [2.24, 2.45) is 0 Å². The zero-order valence-corrected chi connectivity index (χ0v) is 11.8. The third-order valence-corrected chi connectivity index (χ3v) is 4.18. The van der Waals surface area contributed by atoms with Gasteiger partial charge in [0.25, 0.3) is 5.91 Å². The van der Waals surface area contributed by atoms with Crippen LogP contribution in [-0.4, -0.2) is 38.6 Å². The van der Waals surface area contributed by atoms with E-state index in [-0.39, 0.29) is 5.91 Å². The lowest BCUT2D eigenvalue weighted by molar-refractivity contribution is 0.0828. The summed E-state index contributed by atoms with van der Waals surface area (Å²) in [4.78, 5) is 13.3. The van der Waals surface area contributed by atoms with Gasteiger partial charge in [0, 0.05) is 14.1 Å². The van der Waals surface area contributed by atoms with Crippen LogP contribution in [0, 0.1) is 0 Å². The fraction of sp³-hybridized carbons (Fsp3) is 0.417. The number of hydrogen-bond donors (Lipinski definition) is 1. The Hall–Kier alpha value is -1.56. The molecular formula is C12H18N2O3S. The first-order valence-corrected chi connectivity index (χ1v) is 7.12. The van der Waals surface area contributed by atoms with Gasteiger partial charge in [-0.05, 0) is 26.0 Å². The number of sulfonamides is 1. The highest BCUT2D eigenvalue weighted by Gasteiger charge is 2.20. The smallest absolute Gasteiger partial charge is 0.255 e. The van der Waals surface area contributed by atoms with Gasteiger partial charge in [0.2, 0.25) is 10.0 Å². The quantitative estimate of drug-likeness (QED) is 0.902. The molecule has 1 amide bonds. The number of rotatable bonds is 4. The lowest BCUT2D eigenvalue weighted by atomic mass is 10.1. The number of carbonyl (C=O) groups is 1. The molecule has 5 nitrogen and oxygen atoms in total. The molecule has 1 rings (SSSR count). The fourth-order valence-electron chi connectivity index (χ4n) is 1.27. The Balaban J connectivity index is 3.15. The molecule has 1 N–H and O–H groups in total. The lowest BCUT2D eigenvalue weighted by Gasteiger charge is -2.16. The fourth-order valence-corrected chi connectivity index (χ4v) is 1.99. The molecule has 0 fully saturated rings. The Morgan fingerprint density at radius 2 is 1.78 bits per heavy atom. The molecule has 1 aromatic carbocycles. The third kappa shape index (κ3) is 3.22. The summed E-state index contributed by atoms with van der Waals surface area (Å²) in [6.45, 7) is 3.16. The van der Waals surface area contributed by atoms with Crippen LogP contribution in [0.25, 0.3) is 0 Å². The minimum Gasteiger partial charge on any atom is -0.345 e. The second-order valence-electron chi connectivity index (χ2n) is 4.44. The largest absolute Gasteiger partial charge is 0.345 e. The van der Waals surface area contributed by atoms with Crippen LogP contribution < -0.4 is 4.72 Å². The standard InChI is InChI=1S/C12H18N2O3S/c1-9(2)18(16,17)13-11-8-6-5-7-10(11)12(15)14(3)4/h5-9,13H,1-4H3. The molecular weight excluding hydrogens is 252 g/mol. The summed E-state index contributed by atoms with van der Waals surface area (Å²) in [6.07, 6.45) is 0. The van der Waals surface area contributed by atoms with Gasteiger partial charge in [-0.2, -0.15) is 0 Å². The van der Waals surface area contributed by atoms with Crippen LogP contribution in [0.15, 0.2) is 24.3 Å². The molecule has 0 radical (unpaired) electrons. The number of carbonyl (C=O) groups excluding carboxylic acids is 1. The van der Waals surface area contributed by atoms with Crippen LogP contribution in [0.3, 0.4) is 0 Å². The average molecular weight is 270 g/mol. The van der Waals surface area contributed by atoms with Crippen LogP contribution in [-0.2, 0) is 10.0 Å². The highest BCUT2D eigenvalue weighted by atomic mass is 32.2. The van der Waals surface area contributed by atoms with Crippen molar-refractivity contribution in [3.8, 4) is 0 Å². The Bertz CT molecular complexity index is 536. The zero-order valence-electron chi connectivity index (χ0n) is 11.0. The maximum atomic E-state index is 11.9. The van der Waals surface area contributed by atoms with Crippen molar-refractivity contribution in [1.29, 1.82) is 0 Å². The number of para-hydroxylation sites is 1. The second-order valence-corrected chi connectivity index (χ2v) is 6.68. The van der Waals surface area contributed by atoms with Crippen molar-refractivity contribution < 1.29 is 13.2 Å². The predicted molar refractivity (Wildman–Crippen MR) is 72.1 cm³/mol. The van der Waals surface area contributed by atoms with Gasteiger partial charge in [-0.1, -0.05) is 12.1 Å². The van der Waals surface area contributed by atoms with Crippen LogP contribution in [0.4, 0.5) is 5.69 Å². The minimum absolute atomic E-state index is 0.239. The molecule has 1 aromatic rings. The second kappa shape index (κ2) is 5.39. The number of hydrogen-bond acceptors (Lipinski definition) is 3. The molecule has 0 heterocycles. The molecule has 0 atom stereocenters. The van der Waals surface area contributed by atoms with Crippen LogP contribution in [0.2, 0.25) is 0 Å². The van der Waals surface area contributed by atoms with E-state index in [2.05, 4.69) is 4.72 Å². The predicted octanol–water partition coefficient (Wildman–Crippen LogP) is 1.54. The topological polar surface area (TPSA) is 66.5 Å². The van der Waals surface area contributed by atoms with Gasteiger partial charge in [-0.15, -0.1) is 0 Å². The first-order valence-electron chi connectivity index (χ1n) is 5.58. The van der Waals surface area contributed by atoms with Crippen molar-refractivity contribution in [3.63, 3.8) is 0 Å². The average Bonchev–Trinajstić information content (AvgIpc) is 2.28. The van der Waals surface area contributed by atoms with Crippen molar-refractivity contribution >= 4 is 21.6 Å². The highest BCUT2D eigenvalue weighted by molar-refractivity contribution is 7.93. The van der Waals surface area contributed by atoms with E-state index >= 15 is 0 Å².